The smallest absolute Gasteiger partial charge is 0.357 e. The summed E-state index contributed by atoms with van der Waals surface area (Å²) in [6.07, 6.45) is 1.52. The molecule has 6 heteroatoms. The first-order valence-electron chi connectivity index (χ1n) is 4.70. The number of hydrogen-bond acceptors (Lipinski definition) is 6. The van der Waals surface area contributed by atoms with E-state index in [9.17, 15) is 4.79 Å². The van der Waals surface area contributed by atoms with E-state index in [1.165, 1.54) is 23.6 Å². The number of ether oxygens (including phenoxy) is 1. The van der Waals surface area contributed by atoms with E-state index in [4.69, 9.17) is 4.74 Å². The lowest BCUT2D eigenvalue weighted by molar-refractivity contribution is 0.0519. The predicted molar refractivity (Wildman–Crippen MR) is 59.1 cm³/mol. The summed E-state index contributed by atoms with van der Waals surface area (Å²) in [5.74, 6) is -0.00631. The van der Waals surface area contributed by atoms with Crippen molar-refractivity contribution in [1.82, 2.24) is 15.0 Å². The van der Waals surface area contributed by atoms with Crippen LogP contribution in [-0.4, -0.2) is 27.5 Å². The Morgan fingerprint density at radius 3 is 3.06 bits per heavy atom. The maximum absolute atomic E-state index is 11.4. The molecule has 2 rings (SSSR count). The first-order valence-corrected chi connectivity index (χ1v) is 5.64. The van der Waals surface area contributed by atoms with Crippen LogP contribution in [0.3, 0.4) is 0 Å². The van der Waals surface area contributed by atoms with Crippen molar-refractivity contribution in [3.05, 3.63) is 28.8 Å². The summed E-state index contributed by atoms with van der Waals surface area (Å²) in [6.45, 7) is 2.08. The minimum atomic E-state index is -0.443. The molecular formula is C10H9N3O2S. The van der Waals surface area contributed by atoms with E-state index in [2.05, 4.69) is 15.0 Å². The van der Waals surface area contributed by atoms with Crippen LogP contribution in [0, 0.1) is 0 Å². The third-order valence-corrected chi connectivity index (χ3v) is 2.39. The zero-order chi connectivity index (χ0) is 11.4. The molecule has 0 radical (unpaired) electrons. The normalized spacial score (nSPS) is 10.1. The third kappa shape index (κ3) is 2.22. The van der Waals surface area contributed by atoms with Gasteiger partial charge in [-0.2, -0.15) is 0 Å². The number of thiazole rings is 1. The van der Waals surface area contributed by atoms with E-state index < -0.39 is 5.97 Å². The maximum Gasteiger partial charge on any atom is 0.357 e. The van der Waals surface area contributed by atoms with Crippen LogP contribution >= 0.6 is 11.3 Å². The van der Waals surface area contributed by atoms with Crippen molar-refractivity contribution in [2.45, 2.75) is 6.92 Å². The van der Waals surface area contributed by atoms with Gasteiger partial charge in [-0.05, 0) is 13.0 Å². The van der Waals surface area contributed by atoms with Crippen molar-refractivity contribution in [2.24, 2.45) is 0 Å². The fourth-order valence-electron chi connectivity index (χ4n) is 1.12. The summed E-state index contributed by atoms with van der Waals surface area (Å²) in [5.41, 5.74) is 2.60. The number of rotatable bonds is 3. The Kier molecular flexibility index (Phi) is 3.21. The van der Waals surface area contributed by atoms with Gasteiger partial charge in [-0.3, -0.25) is 0 Å². The fourth-order valence-corrected chi connectivity index (χ4v) is 1.65. The molecule has 2 aromatic rings. The van der Waals surface area contributed by atoms with Gasteiger partial charge in [0.2, 0.25) is 0 Å². The first kappa shape index (κ1) is 10.7. The van der Waals surface area contributed by atoms with Crippen LogP contribution < -0.4 is 0 Å². The van der Waals surface area contributed by atoms with Gasteiger partial charge in [0.25, 0.3) is 0 Å². The fraction of sp³-hybridized carbons (Fsp3) is 0.200. The van der Waals surface area contributed by atoms with Crippen LogP contribution in [0.5, 0.6) is 0 Å². The highest BCUT2D eigenvalue weighted by molar-refractivity contribution is 7.07. The topological polar surface area (TPSA) is 65.0 Å². The van der Waals surface area contributed by atoms with E-state index in [0.29, 0.717) is 18.1 Å². The molecule has 0 atom stereocenters. The molecule has 0 aliphatic rings. The third-order valence-electron chi connectivity index (χ3n) is 1.80. The Bertz CT molecular complexity index is 485. The van der Waals surface area contributed by atoms with Gasteiger partial charge < -0.3 is 4.74 Å². The van der Waals surface area contributed by atoms with E-state index in [0.717, 1.165) is 0 Å². The van der Waals surface area contributed by atoms with Gasteiger partial charge in [0.05, 0.1) is 12.1 Å². The van der Waals surface area contributed by atoms with Gasteiger partial charge in [0, 0.05) is 11.6 Å². The Balaban J connectivity index is 2.30. The van der Waals surface area contributed by atoms with E-state index in [-0.39, 0.29) is 5.69 Å². The molecule has 0 N–H and O–H groups in total. The highest BCUT2D eigenvalue weighted by Crippen LogP contribution is 2.14. The van der Waals surface area contributed by atoms with Gasteiger partial charge in [0.1, 0.15) is 5.69 Å². The van der Waals surface area contributed by atoms with Crippen molar-refractivity contribution in [3.63, 3.8) is 0 Å². The summed E-state index contributed by atoms with van der Waals surface area (Å²) in [7, 11) is 0. The molecule has 0 saturated heterocycles. The van der Waals surface area contributed by atoms with E-state index in [1.54, 1.807) is 12.4 Å². The Hall–Kier alpha value is -1.82. The summed E-state index contributed by atoms with van der Waals surface area (Å²) in [6, 6.07) is 1.52. The van der Waals surface area contributed by atoms with Crippen LogP contribution in [0.2, 0.25) is 0 Å². The SMILES string of the molecule is CCOC(=O)c1ccnc(-c2cscn2)n1. The zero-order valence-corrected chi connectivity index (χ0v) is 9.40. The Morgan fingerprint density at radius 1 is 1.50 bits per heavy atom. The molecule has 0 amide bonds. The van der Waals surface area contributed by atoms with Crippen molar-refractivity contribution < 1.29 is 9.53 Å². The molecule has 0 spiro atoms. The molecule has 0 bridgehead atoms. The van der Waals surface area contributed by atoms with Crippen molar-refractivity contribution in [1.29, 1.82) is 0 Å². The lowest BCUT2D eigenvalue weighted by atomic mass is 10.3. The summed E-state index contributed by atoms with van der Waals surface area (Å²) < 4.78 is 4.85. The molecule has 0 saturated carbocycles. The Labute approximate surface area is 96.2 Å². The average molecular weight is 235 g/mol. The van der Waals surface area contributed by atoms with Gasteiger partial charge in [0.15, 0.2) is 11.5 Å². The van der Waals surface area contributed by atoms with Crippen LogP contribution in [0.4, 0.5) is 0 Å². The van der Waals surface area contributed by atoms with Gasteiger partial charge in [-0.25, -0.2) is 19.7 Å². The molecule has 0 aliphatic carbocycles. The molecule has 0 aliphatic heterocycles. The minimum Gasteiger partial charge on any atom is -0.461 e. The predicted octanol–water partition coefficient (Wildman–Crippen LogP) is 1.78. The number of carbonyl (C=O) groups is 1. The molecule has 2 aromatic heterocycles. The van der Waals surface area contributed by atoms with Crippen molar-refractivity contribution >= 4 is 17.3 Å². The largest absolute Gasteiger partial charge is 0.461 e. The standard InChI is InChI=1S/C10H9N3O2S/c1-2-15-10(14)7-3-4-11-9(13-7)8-5-16-6-12-8/h3-6H,2H2,1H3. The number of esters is 1. The van der Waals surface area contributed by atoms with Gasteiger partial charge >= 0.3 is 5.97 Å². The van der Waals surface area contributed by atoms with Crippen LogP contribution in [0.1, 0.15) is 17.4 Å². The van der Waals surface area contributed by atoms with Crippen molar-refractivity contribution in [2.75, 3.05) is 6.61 Å². The minimum absolute atomic E-state index is 0.250. The summed E-state index contributed by atoms with van der Waals surface area (Å²) in [4.78, 5) is 23.7. The van der Waals surface area contributed by atoms with Gasteiger partial charge in [-0.1, -0.05) is 0 Å². The lowest BCUT2D eigenvalue weighted by Gasteiger charge is -2.01. The van der Waals surface area contributed by atoms with Crippen molar-refractivity contribution in [3.8, 4) is 11.5 Å². The highest BCUT2D eigenvalue weighted by atomic mass is 32.1. The average Bonchev–Trinajstić information content (AvgIpc) is 2.83. The number of carbonyl (C=O) groups excluding carboxylic acids is 1. The molecule has 0 unspecified atom stereocenters. The Morgan fingerprint density at radius 2 is 2.38 bits per heavy atom. The van der Waals surface area contributed by atoms with E-state index in [1.807, 2.05) is 5.38 Å². The monoisotopic (exact) mass is 235 g/mol. The van der Waals surface area contributed by atoms with Crippen LogP contribution in [0.15, 0.2) is 23.2 Å². The lowest BCUT2D eigenvalue weighted by Crippen LogP contribution is -2.08. The van der Waals surface area contributed by atoms with Crippen LogP contribution in [-0.2, 0) is 4.74 Å². The second-order valence-corrected chi connectivity index (χ2v) is 3.58. The van der Waals surface area contributed by atoms with Crippen LogP contribution in [0.25, 0.3) is 11.5 Å². The molecule has 0 fully saturated rings. The molecule has 82 valence electrons. The molecular weight excluding hydrogens is 226 g/mol. The number of hydrogen-bond donors (Lipinski definition) is 0. The molecule has 16 heavy (non-hydrogen) atoms. The maximum atomic E-state index is 11.4. The quantitative estimate of drug-likeness (QED) is 0.759. The second-order valence-electron chi connectivity index (χ2n) is 2.86. The first-order chi connectivity index (χ1) is 7.81. The number of nitrogens with zero attached hydrogens (tertiary/aromatic N) is 3. The summed E-state index contributed by atoms with van der Waals surface area (Å²) in [5, 5.41) is 1.82. The second kappa shape index (κ2) is 4.80. The van der Waals surface area contributed by atoms with E-state index >= 15 is 0 Å². The molecule has 2 heterocycles. The molecule has 5 nitrogen and oxygen atoms in total. The highest BCUT2D eigenvalue weighted by Gasteiger charge is 2.11. The number of aromatic nitrogens is 3. The summed E-state index contributed by atoms with van der Waals surface area (Å²) >= 11 is 1.45. The zero-order valence-electron chi connectivity index (χ0n) is 8.58. The molecule has 0 aromatic carbocycles. The van der Waals surface area contributed by atoms with Gasteiger partial charge in [-0.15, -0.1) is 11.3 Å².